The van der Waals surface area contributed by atoms with Crippen molar-refractivity contribution in [2.75, 3.05) is 17.2 Å². The number of sulfonamides is 1. The second-order valence-corrected chi connectivity index (χ2v) is 10.4. The van der Waals surface area contributed by atoms with Gasteiger partial charge >= 0.3 is 0 Å². The molecule has 2 rings (SSSR count). The third kappa shape index (κ3) is 5.80. The first kappa shape index (κ1) is 21.9. The first-order valence-electron chi connectivity index (χ1n) is 8.60. The Morgan fingerprint density at radius 2 is 1.61 bits per heavy atom. The fourth-order valence-electron chi connectivity index (χ4n) is 2.73. The van der Waals surface area contributed by atoms with Crippen molar-refractivity contribution in [1.29, 1.82) is 0 Å². The number of hydrogen-bond donors (Lipinski definition) is 2. The maximum absolute atomic E-state index is 12.6. The van der Waals surface area contributed by atoms with Crippen molar-refractivity contribution in [3.8, 4) is 0 Å². The predicted octanol–water partition coefficient (Wildman–Crippen LogP) is 2.65. The molecule has 7 nitrogen and oxygen atoms in total. The van der Waals surface area contributed by atoms with Gasteiger partial charge in [-0.3, -0.25) is 9.52 Å². The fraction of sp³-hybridized carbons (Fsp3) is 0.316. The molecular weight excluding hydrogens is 400 g/mol. The third-order valence-corrected chi connectivity index (χ3v) is 5.93. The molecule has 0 spiro atoms. The average molecular weight is 425 g/mol. The number of anilines is 1. The maximum atomic E-state index is 12.6. The van der Waals surface area contributed by atoms with Crippen LogP contribution in [0.1, 0.15) is 40.9 Å². The zero-order chi connectivity index (χ0) is 21.1. The van der Waals surface area contributed by atoms with E-state index in [0.717, 1.165) is 18.1 Å². The molecule has 0 fully saturated rings. The Balaban J connectivity index is 2.19. The van der Waals surface area contributed by atoms with E-state index >= 15 is 0 Å². The van der Waals surface area contributed by atoms with Crippen LogP contribution in [0.5, 0.6) is 0 Å². The summed E-state index contributed by atoms with van der Waals surface area (Å²) in [5.74, 6) is -0.298. The summed E-state index contributed by atoms with van der Waals surface area (Å²) >= 11 is 0. The minimum Gasteiger partial charge on any atom is -0.345 e. The molecule has 9 heteroatoms. The van der Waals surface area contributed by atoms with Crippen LogP contribution in [-0.2, 0) is 19.9 Å². The Labute approximate surface area is 166 Å². The number of carbonyl (C=O) groups is 1. The summed E-state index contributed by atoms with van der Waals surface area (Å²) in [6, 6.07) is 10.9. The summed E-state index contributed by atoms with van der Waals surface area (Å²) in [6.45, 7) is 3.63. The highest BCUT2D eigenvalue weighted by atomic mass is 32.2. The summed E-state index contributed by atoms with van der Waals surface area (Å²) in [4.78, 5) is 12.8. The molecule has 0 heterocycles. The Morgan fingerprint density at radius 1 is 1.00 bits per heavy atom. The van der Waals surface area contributed by atoms with Crippen LogP contribution in [0.2, 0.25) is 0 Å². The zero-order valence-corrected chi connectivity index (χ0v) is 17.8. The van der Waals surface area contributed by atoms with Gasteiger partial charge in [0.2, 0.25) is 10.0 Å². The number of benzene rings is 2. The van der Waals surface area contributed by atoms with Gasteiger partial charge in [-0.2, -0.15) is 0 Å². The molecule has 0 aromatic heterocycles. The minimum atomic E-state index is -3.40. The summed E-state index contributed by atoms with van der Waals surface area (Å²) in [5, 5.41) is 2.93. The number of aryl methyl sites for hydroxylation is 1. The maximum Gasteiger partial charge on any atom is 0.251 e. The molecule has 0 radical (unpaired) electrons. The van der Waals surface area contributed by atoms with E-state index in [1.807, 2.05) is 6.92 Å². The lowest BCUT2D eigenvalue weighted by Crippen LogP contribution is -2.28. The molecule has 0 aliphatic carbocycles. The summed E-state index contributed by atoms with van der Waals surface area (Å²) in [7, 11) is -6.68. The molecule has 0 aliphatic rings. The monoisotopic (exact) mass is 424 g/mol. The second-order valence-electron chi connectivity index (χ2n) is 6.68. The van der Waals surface area contributed by atoms with Crippen LogP contribution in [0.25, 0.3) is 0 Å². The van der Waals surface area contributed by atoms with Gasteiger partial charge in [-0.1, -0.05) is 19.1 Å². The number of sulfone groups is 1. The van der Waals surface area contributed by atoms with E-state index in [9.17, 15) is 21.6 Å². The highest BCUT2D eigenvalue weighted by Gasteiger charge is 2.16. The number of nitrogens with one attached hydrogen (secondary N) is 2. The normalized spacial score (nSPS) is 13.0. The lowest BCUT2D eigenvalue weighted by molar-refractivity contribution is 0.0935. The lowest BCUT2D eigenvalue weighted by Gasteiger charge is -2.18. The highest BCUT2D eigenvalue weighted by molar-refractivity contribution is 7.92. The Morgan fingerprint density at radius 3 is 2.07 bits per heavy atom. The largest absolute Gasteiger partial charge is 0.345 e. The van der Waals surface area contributed by atoms with Crippen LogP contribution in [-0.4, -0.2) is 35.3 Å². The molecular formula is C19H24N2O5S2. The second kappa shape index (κ2) is 8.32. The van der Waals surface area contributed by atoms with Crippen molar-refractivity contribution in [2.45, 2.75) is 31.2 Å². The zero-order valence-electron chi connectivity index (χ0n) is 16.2. The molecule has 0 bridgehead atoms. The van der Waals surface area contributed by atoms with E-state index in [1.54, 1.807) is 37.3 Å². The van der Waals surface area contributed by atoms with E-state index < -0.39 is 19.9 Å². The topological polar surface area (TPSA) is 109 Å². The average Bonchev–Trinajstić information content (AvgIpc) is 2.59. The van der Waals surface area contributed by atoms with Crippen molar-refractivity contribution < 1.29 is 21.6 Å². The van der Waals surface area contributed by atoms with Gasteiger partial charge in [-0.15, -0.1) is 0 Å². The van der Waals surface area contributed by atoms with Crippen LogP contribution in [0.3, 0.4) is 0 Å². The molecule has 0 unspecified atom stereocenters. The van der Waals surface area contributed by atoms with E-state index in [-0.39, 0.29) is 16.8 Å². The van der Waals surface area contributed by atoms with E-state index in [1.165, 1.54) is 12.1 Å². The number of rotatable bonds is 7. The van der Waals surface area contributed by atoms with Crippen molar-refractivity contribution in [3.05, 3.63) is 59.2 Å². The van der Waals surface area contributed by atoms with Crippen molar-refractivity contribution in [3.63, 3.8) is 0 Å². The van der Waals surface area contributed by atoms with Crippen LogP contribution in [0.4, 0.5) is 5.69 Å². The Bertz CT molecular complexity index is 1080. The summed E-state index contributed by atoms with van der Waals surface area (Å²) in [5.41, 5.74) is 2.25. The quantitative estimate of drug-likeness (QED) is 0.710. The molecule has 0 saturated heterocycles. The molecule has 0 aliphatic heterocycles. The van der Waals surface area contributed by atoms with Gasteiger partial charge in [-0.05, 0) is 54.8 Å². The molecule has 0 saturated carbocycles. The van der Waals surface area contributed by atoms with Gasteiger partial charge < -0.3 is 5.32 Å². The smallest absolute Gasteiger partial charge is 0.251 e. The Hall–Kier alpha value is -2.39. The van der Waals surface area contributed by atoms with Crippen molar-refractivity contribution in [2.24, 2.45) is 0 Å². The fourth-order valence-corrected chi connectivity index (χ4v) is 3.99. The van der Waals surface area contributed by atoms with Crippen molar-refractivity contribution in [1.82, 2.24) is 5.32 Å². The van der Waals surface area contributed by atoms with E-state index in [2.05, 4.69) is 10.0 Å². The lowest BCUT2D eigenvalue weighted by atomic mass is 10.0. The van der Waals surface area contributed by atoms with E-state index in [4.69, 9.17) is 0 Å². The van der Waals surface area contributed by atoms with Gasteiger partial charge in [0, 0.05) is 11.8 Å². The van der Waals surface area contributed by atoms with Crippen LogP contribution >= 0.6 is 0 Å². The molecule has 1 atom stereocenters. The van der Waals surface area contributed by atoms with Gasteiger partial charge in [-0.25, -0.2) is 16.8 Å². The minimum absolute atomic E-state index is 0.224. The summed E-state index contributed by atoms with van der Waals surface area (Å²) in [6.07, 6.45) is 2.83. The van der Waals surface area contributed by atoms with Gasteiger partial charge in [0.1, 0.15) is 0 Å². The number of hydrogen-bond acceptors (Lipinski definition) is 5. The van der Waals surface area contributed by atoms with E-state index in [0.29, 0.717) is 23.2 Å². The van der Waals surface area contributed by atoms with Gasteiger partial charge in [0.15, 0.2) is 9.84 Å². The molecule has 1 amide bonds. The molecule has 152 valence electrons. The summed E-state index contributed by atoms with van der Waals surface area (Å²) < 4.78 is 48.3. The van der Waals surface area contributed by atoms with Crippen LogP contribution in [0, 0.1) is 6.92 Å². The number of carbonyl (C=O) groups excluding carboxylic acids is 1. The highest BCUT2D eigenvalue weighted by Crippen LogP contribution is 2.21. The number of amides is 1. The first-order chi connectivity index (χ1) is 12.9. The van der Waals surface area contributed by atoms with Crippen LogP contribution in [0.15, 0.2) is 47.4 Å². The Kier molecular flexibility index (Phi) is 6.51. The first-order valence-corrected chi connectivity index (χ1v) is 12.4. The van der Waals surface area contributed by atoms with Crippen molar-refractivity contribution >= 4 is 31.5 Å². The SMILES string of the molecule is CC[C@@H](NC(=O)c1ccc(NS(C)(=O)=O)c(C)c1)c1ccc(S(C)(=O)=O)cc1. The molecule has 2 aromatic rings. The van der Waals surface area contributed by atoms with Gasteiger partial charge in [0.05, 0.1) is 22.9 Å². The standard InChI is InChI=1S/C19H24N2O5S2/c1-5-17(14-6-9-16(10-7-14)27(3,23)24)20-19(22)15-8-11-18(13(2)12-15)21-28(4,25)26/h6-12,17,21H,5H2,1-4H3,(H,20,22)/t17-/m1/s1. The third-order valence-electron chi connectivity index (χ3n) is 4.21. The molecule has 2 N–H and O–H groups in total. The molecule has 28 heavy (non-hydrogen) atoms. The van der Waals surface area contributed by atoms with Gasteiger partial charge in [0.25, 0.3) is 5.91 Å². The van der Waals surface area contributed by atoms with Crippen LogP contribution < -0.4 is 10.0 Å². The predicted molar refractivity (Wildman–Crippen MR) is 110 cm³/mol. The molecule has 2 aromatic carbocycles.